The first-order chi connectivity index (χ1) is 10.6. The Balaban J connectivity index is 1.53. The zero-order chi connectivity index (χ0) is 15.5. The molecule has 1 aromatic heterocycles. The minimum Gasteiger partial charge on any atom is -0.454 e. The van der Waals surface area contributed by atoms with Crippen molar-refractivity contribution in [2.75, 3.05) is 13.8 Å². The molecule has 22 heavy (non-hydrogen) atoms. The van der Waals surface area contributed by atoms with E-state index in [-0.39, 0.29) is 12.7 Å². The van der Waals surface area contributed by atoms with Crippen molar-refractivity contribution >= 4 is 5.91 Å². The van der Waals surface area contributed by atoms with E-state index in [0.717, 1.165) is 22.6 Å². The van der Waals surface area contributed by atoms with Gasteiger partial charge in [0.05, 0.1) is 6.20 Å². The van der Waals surface area contributed by atoms with Crippen molar-refractivity contribution in [3.05, 3.63) is 41.7 Å². The van der Waals surface area contributed by atoms with Gasteiger partial charge < -0.3 is 14.4 Å². The molecule has 3 rings (SSSR count). The van der Waals surface area contributed by atoms with Crippen molar-refractivity contribution in [2.24, 2.45) is 7.05 Å². The minimum absolute atomic E-state index is 0.113. The van der Waals surface area contributed by atoms with E-state index < -0.39 is 0 Å². The van der Waals surface area contributed by atoms with Crippen molar-refractivity contribution in [3.63, 3.8) is 0 Å². The van der Waals surface area contributed by atoms with Gasteiger partial charge in [-0.25, -0.2) is 0 Å². The maximum absolute atomic E-state index is 12.2. The summed E-state index contributed by atoms with van der Waals surface area (Å²) in [7, 11) is 3.68. The fourth-order valence-corrected chi connectivity index (χ4v) is 2.45. The van der Waals surface area contributed by atoms with Crippen LogP contribution in [0, 0.1) is 0 Å². The molecule has 0 saturated carbocycles. The van der Waals surface area contributed by atoms with Crippen molar-refractivity contribution in [1.82, 2.24) is 14.7 Å². The van der Waals surface area contributed by atoms with Crippen molar-refractivity contribution in [3.8, 4) is 11.5 Å². The van der Waals surface area contributed by atoms with Crippen LogP contribution in [0.5, 0.6) is 11.5 Å². The van der Waals surface area contributed by atoms with Crippen LogP contribution in [0.1, 0.15) is 17.5 Å². The number of benzene rings is 1. The first kappa shape index (κ1) is 14.4. The third-order valence-corrected chi connectivity index (χ3v) is 3.67. The summed E-state index contributed by atoms with van der Waals surface area (Å²) in [4.78, 5) is 13.9. The van der Waals surface area contributed by atoms with Crippen molar-refractivity contribution < 1.29 is 14.3 Å². The van der Waals surface area contributed by atoms with Gasteiger partial charge in [0.25, 0.3) is 0 Å². The first-order valence-corrected chi connectivity index (χ1v) is 7.22. The Morgan fingerprint density at radius 3 is 2.91 bits per heavy atom. The average molecular weight is 301 g/mol. The molecule has 2 aromatic rings. The second kappa shape index (κ2) is 6.09. The molecule has 0 bridgehead atoms. The number of carbonyl (C=O) groups is 1. The zero-order valence-corrected chi connectivity index (χ0v) is 12.8. The number of nitrogens with zero attached hydrogens (tertiary/aromatic N) is 3. The van der Waals surface area contributed by atoms with Gasteiger partial charge in [0, 0.05) is 38.8 Å². The van der Waals surface area contributed by atoms with E-state index in [1.165, 1.54) is 0 Å². The van der Waals surface area contributed by atoms with E-state index in [1.807, 2.05) is 38.5 Å². The second-order valence-electron chi connectivity index (χ2n) is 5.46. The summed E-state index contributed by atoms with van der Waals surface area (Å²) in [5.74, 6) is 1.64. The van der Waals surface area contributed by atoms with E-state index in [0.29, 0.717) is 19.4 Å². The fourth-order valence-electron chi connectivity index (χ4n) is 2.45. The summed E-state index contributed by atoms with van der Waals surface area (Å²) in [6.45, 7) is 0.847. The second-order valence-corrected chi connectivity index (χ2v) is 5.46. The van der Waals surface area contributed by atoms with Crippen LogP contribution >= 0.6 is 0 Å². The Morgan fingerprint density at radius 2 is 2.14 bits per heavy atom. The minimum atomic E-state index is 0.113. The Kier molecular flexibility index (Phi) is 4.00. The molecule has 0 spiro atoms. The fraction of sp³-hybridized carbons (Fsp3) is 0.375. The lowest BCUT2D eigenvalue weighted by molar-refractivity contribution is -0.130. The van der Waals surface area contributed by atoms with Gasteiger partial charge >= 0.3 is 0 Å². The highest BCUT2D eigenvalue weighted by molar-refractivity contribution is 5.76. The van der Waals surface area contributed by atoms with Crippen LogP contribution in [0.2, 0.25) is 0 Å². The lowest BCUT2D eigenvalue weighted by atomic mass is 10.1. The maximum atomic E-state index is 12.2. The largest absolute Gasteiger partial charge is 0.454 e. The molecule has 0 atom stereocenters. The van der Waals surface area contributed by atoms with Crippen LogP contribution in [0.4, 0.5) is 0 Å². The number of ether oxygens (including phenoxy) is 2. The lowest BCUT2D eigenvalue weighted by Crippen LogP contribution is -2.26. The summed E-state index contributed by atoms with van der Waals surface area (Å²) in [6, 6.07) is 5.81. The van der Waals surface area contributed by atoms with Crippen LogP contribution in [0.25, 0.3) is 0 Å². The summed E-state index contributed by atoms with van der Waals surface area (Å²) < 4.78 is 12.4. The lowest BCUT2D eigenvalue weighted by Gasteiger charge is -2.16. The van der Waals surface area contributed by atoms with Crippen LogP contribution < -0.4 is 9.47 Å². The highest BCUT2D eigenvalue weighted by Gasteiger charge is 2.15. The molecule has 0 aliphatic carbocycles. The molecule has 1 amide bonds. The molecule has 1 aromatic carbocycles. The van der Waals surface area contributed by atoms with E-state index in [4.69, 9.17) is 9.47 Å². The Labute approximate surface area is 129 Å². The van der Waals surface area contributed by atoms with Gasteiger partial charge in [-0.05, 0) is 24.1 Å². The molecule has 6 nitrogen and oxygen atoms in total. The van der Waals surface area contributed by atoms with Gasteiger partial charge in [-0.3, -0.25) is 9.48 Å². The van der Waals surface area contributed by atoms with Gasteiger partial charge in [-0.1, -0.05) is 6.07 Å². The van der Waals surface area contributed by atoms with Gasteiger partial charge in [-0.15, -0.1) is 0 Å². The molecule has 0 N–H and O–H groups in total. The molecule has 116 valence electrons. The Hall–Kier alpha value is -2.50. The van der Waals surface area contributed by atoms with Crippen LogP contribution in [0.15, 0.2) is 30.6 Å². The molecule has 1 aliphatic heterocycles. The smallest absolute Gasteiger partial charge is 0.231 e. The number of hydrogen-bond donors (Lipinski definition) is 0. The van der Waals surface area contributed by atoms with Crippen molar-refractivity contribution in [2.45, 2.75) is 19.4 Å². The predicted molar refractivity (Wildman–Crippen MR) is 80.6 cm³/mol. The molecule has 0 radical (unpaired) electrons. The zero-order valence-electron chi connectivity index (χ0n) is 12.8. The molecule has 1 aliphatic rings. The number of fused-ring (bicyclic) bond motifs is 1. The molecule has 6 heteroatoms. The number of amides is 1. The maximum Gasteiger partial charge on any atom is 0.231 e. The highest BCUT2D eigenvalue weighted by Crippen LogP contribution is 2.32. The molecule has 0 saturated heterocycles. The molecule has 2 heterocycles. The standard InChI is InChI=1S/C16H19N3O3/c1-18(9-13-8-17-19(2)10-13)16(20)6-4-12-3-5-14-15(7-12)22-11-21-14/h3,5,7-8,10H,4,6,9,11H2,1-2H3. The van der Waals surface area contributed by atoms with E-state index in [1.54, 1.807) is 15.8 Å². The van der Waals surface area contributed by atoms with Gasteiger partial charge in [0.1, 0.15) is 0 Å². The van der Waals surface area contributed by atoms with Crippen LogP contribution in [0.3, 0.4) is 0 Å². The number of aromatic nitrogens is 2. The Bertz CT molecular complexity index is 681. The summed E-state index contributed by atoms with van der Waals surface area (Å²) >= 11 is 0. The van der Waals surface area contributed by atoms with E-state index in [9.17, 15) is 4.79 Å². The van der Waals surface area contributed by atoms with Crippen LogP contribution in [-0.2, 0) is 24.8 Å². The topological polar surface area (TPSA) is 56.6 Å². The Morgan fingerprint density at radius 1 is 1.32 bits per heavy atom. The number of aryl methyl sites for hydroxylation is 2. The van der Waals surface area contributed by atoms with E-state index in [2.05, 4.69) is 5.10 Å². The van der Waals surface area contributed by atoms with Gasteiger partial charge in [0.15, 0.2) is 11.5 Å². The number of rotatable bonds is 5. The van der Waals surface area contributed by atoms with Crippen LogP contribution in [-0.4, -0.2) is 34.4 Å². The van der Waals surface area contributed by atoms with E-state index >= 15 is 0 Å². The number of hydrogen-bond acceptors (Lipinski definition) is 4. The van der Waals surface area contributed by atoms with Gasteiger partial charge in [-0.2, -0.15) is 5.10 Å². The van der Waals surface area contributed by atoms with Gasteiger partial charge in [0.2, 0.25) is 12.7 Å². The summed E-state index contributed by atoms with van der Waals surface area (Å²) in [5.41, 5.74) is 2.11. The molecule has 0 unspecified atom stereocenters. The normalized spacial score (nSPS) is 12.5. The third-order valence-electron chi connectivity index (χ3n) is 3.67. The van der Waals surface area contributed by atoms with Crippen molar-refractivity contribution in [1.29, 1.82) is 0 Å². The molecular formula is C16H19N3O3. The predicted octanol–water partition coefficient (Wildman–Crippen LogP) is 1.74. The monoisotopic (exact) mass is 301 g/mol. The summed E-state index contributed by atoms with van der Waals surface area (Å²) in [5, 5.41) is 4.11. The summed E-state index contributed by atoms with van der Waals surface area (Å²) in [6.07, 6.45) is 4.85. The average Bonchev–Trinajstić information content (AvgIpc) is 3.12. The number of carbonyl (C=O) groups excluding carboxylic acids is 1. The third kappa shape index (κ3) is 3.21. The highest BCUT2D eigenvalue weighted by atomic mass is 16.7. The first-order valence-electron chi connectivity index (χ1n) is 7.22. The quantitative estimate of drug-likeness (QED) is 0.844. The SMILES string of the molecule is CN(Cc1cnn(C)c1)C(=O)CCc1ccc2c(c1)OCO2. The molecular weight excluding hydrogens is 282 g/mol. The molecule has 0 fully saturated rings.